The van der Waals surface area contributed by atoms with Gasteiger partial charge in [0.25, 0.3) is 5.91 Å². The second-order valence-corrected chi connectivity index (χ2v) is 9.13. The van der Waals surface area contributed by atoms with Gasteiger partial charge < -0.3 is 21.1 Å². The number of nitrogens with one attached hydrogen (secondary N) is 2. The Hall–Kier alpha value is -3.51. The number of rotatable bonds is 8. The lowest BCUT2D eigenvalue weighted by molar-refractivity contribution is -0.116. The van der Waals surface area contributed by atoms with E-state index in [2.05, 4.69) is 20.7 Å². The summed E-state index contributed by atoms with van der Waals surface area (Å²) in [4.78, 5) is 41.4. The van der Waals surface area contributed by atoms with Gasteiger partial charge in [-0.2, -0.15) is 0 Å². The molecule has 0 bridgehead atoms. The number of ether oxygens (including phenoxy) is 1. The number of aromatic nitrogens is 1. The molecule has 0 saturated carbocycles. The smallest absolute Gasteiger partial charge is 0.350 e. The molecule has 178 valence electrons. The van der Waals surface area contributed by atoms with Gasteiger partial charge in [-0.15, -0.1) is 5.10 Å². The predicted octanol–water partition coefficient (Wildman–Crippen LogP) is 1.59. The van der Waals surface area contributed by atoms with Crippen LogP contribution in [0.15, 0.2) is 29.4 Å². The topological polar surface area (TPSA) is 165 Å². The van der Waals surface area contributed by atoms with Gasteiger partial charge in [0.05, 0.1) is 5.69 Å². The highest BCUT2D eigenvalue weighted by molar-refractivity contribution is 7.17. The number of nitrogens with two attached hydrogens (primary N) is 2. The van der Waals surface area contributed by atoms with Gasteiger partial charge in [-0.25, -0.2) is 20.7 Å². The first-order valence-electron chi connectivity index (χ1n) is 10.1. The van der Waals surface area contributed by atoms with Crippen molar-refractivity contribution < 1.29 is 19.1 Å². The van der Waals surface area contributed by atoms with Crippen LogP contribution in [0.2, 0.25) is 0 Å². The minimum Gasteiger partial charge on any atom is -0.456 e. The minimum absolute atomic E-state index is 0.0212. The van der Waals surface area contributed by atoms with Crippen LogP contribution in [0.3, 0.4) is 0 Å². The van der Waals surface area contributed by atoms with Crippen molar-refractivity contribution in [1.82, 2.24) is 15.4 Å². The highest BCUT2D eigenvalue weighted by atomic mass is 32.1. The van der Waals surface area contributed by atoms with Gasteiger partial charge in [-0.1, -0.05) is 23.5 Å². The number of carbonyl (C=O) groups is 3. The van der Waals surface area contributed by atoms with E-state index >= 15 is 0 Å². The normalized spacial score (nSPS) is 11.6. The Morgan fingerprint density at radius 2 is 1.91 bits per heavy atom. The number of hydrazine groups is 1. The molecule has 0 aliphatic heterocycles. The average Bonchev–Trinajstić information content (AvgIpc) is 3.06. The largest absolute Gasteiger partial charge is 0.456 e. The van der Waals surface area contributed by atoms with Crippen LogP contribution in [0.25, 0.3) is 0 Å². The van der Waals surface area contributed by atoms with Crippen molar-refractivity contribution in [2.45, 2.75) is 39.7 Å². The molecule has 0 radical (unpaired) electrons. The molecule has 6 N–H and O–H groups in total. The van der Waals surface area contributed by atoms with E-state index in [1.807, 2.05) is 0 Å². The number of nitrogens with zero attached hydrogens (tertiary/aromatic N) is 3. The summed E-state index contributed by atoms with van der Waals surface area (Å²) in [6, 6.07) is 6.57. The molecule has 0 saturated heterocycles. The first-order chi connectivity index (χ1) is 15.4. The molecule has 12 heteroatoms. The quantitative estimate of drug-likeness (QED) is 0.147. The van der Waals surface area contributed by atoms with Gasteiger partial charge in [-0.05, 0) is 39.8 Å². The number of benzene rings is 1. The molecule has 0 fully saturated rings. The highest BCUT2D eigenvalue weighted by Crippen LogP contribution is 2.25. The lowest BCUT2D eigenvalue weighted by Gasteiger charge is -2.18. The number of hydrogen-bond donors (Lipinski definition) is 4. The first-order valence-corrected chi connectivity index (χ1v) is 10.9. The Morgan fingerprint density at radius 3 is 2.55 bits per heavy atom. The Labute approximate surface area is 196 Å². The zero-order valence-electron chi connectivity index (χ0n) is 19.3. The molecule has 0 aliphatic carbocycles. The fourth-order valence-electron chi connectivity index (χ4n) is 2.58. The molecule has 0 aliphatic rings. The van der Waals surface area contributed by atoms with Crippen molar-refractivity contribution in [2.24, 2.45) is 16.7 Å². The van der Waals surface area contributed by atoms with Crippen LogP contribution in [0.4, 0.5) is 5.13 Å². The maximum absolute atomic E-state index is 12.4. The number of thiazole rings is 1. The Kier molecular flexibility index (Phi) is 8.49. The third-order valence-corrected chi connectivity index (χ3v) is 5.00. The lowest BCUT2D eigenvalue weighted by atomic mass is 10.1. The summed E-state index contributed by atoms with van der Waals surface area (Å²) >= 11 is 1.04. The van der Waals surface area contributed by atoms with E-state index in [4.69, 9.17) is 16.3 Å². The van der Waals surface area contributed by atoms with Crippen molar-refractivity contribution in [3.8, 4) is 0 Å². The number of amides is 2. The van der Waals surface area contributed by atoms with Crippen LogP contribution in [0, 0.1) is 6.92 Å². The zero-order valence-corrected chi connectivity index (χ0v) is 20.1. The summed E-state index contributed by atoms with van der Waals surface area (Å²) in [6.45, 7) is 7.09. The molecule has 2 amide bonds. The van der Waals surface area contributed by atoms with E-state index < -0.39 is 11.6 Å². The maximum Gasteiger partial charge on any atom is 0.350 e. The predicted molar refractivity (Wildman–Crippen MR) is 127 cm³/mol. The van der Waals surface area contributed by atoms with Crippen molar-refractivity contribution in [1.29, 1.82) is 0 Å². The molecule has 2 aromatic rings. The van der Waals surface area contributed by atoms with Crippen LogP contribution in [-0.4, -0.2) is 52.9 Å². The van der Waals surface area contributed by atoms with Gasteiger partial charge in [0.15, 0.2) is 11.0 Å². The maximum atomic E-state index is 12.4. The molecule has 1 heterocycles. The lowest BCUT2D eigenvalue weighted by Crippen LogP contribution is -2.28. The van der Waals surface area contributed by atoms with E-state index in [0.717, 1.165) is 16.5 Å². The number of aryl methyl sites for hydroxylation is 1. The molecule has 0 atom stereocenters. The van der Waals surface area contributed by atoms with Crippen LogP contribution in [0.5, 0.6) is 0 Å². The van der Waals surface area contributed by atoms with Crippen LogP contribution < -0.4 is 22.2 Å². The zero-order chi connectivity index (χ0) is 24.8. The van der Waals surface area contributed by atoms with Gasteiger partial charge in [0.2, 0.25) is 5.91 Å². The minimum atomic E-state index is -0.631. The molecular formula is C21H29N7O4S. The molecular weight excluding hydrogens is 446 g/mol. The van der Waals surface area contributed by atoms with E-state index in [1.165, 1.54) is 7.05 Å². The average molecular weight is 476 g/mol. The van der Waals surface area contributed by atoms with Gasteiger partial charge in [0, 0.05) is 31.1 Å². The number of hydrazone groups is 1. The molecule has 0 unspecified atom stereocenters. The summed E-state index contributed by atoms with van der Waals surface area (Å²) in [5.41, 5.74) is 6.60. The Balaban J connectivity index is 1.89. The number of amidine groups is 1. The van der Waals surface area contributed by atoms with Crippen LogP contribution >= 0.6 is 11.3 Å². The number of carbonyl (C=O) groups excluding carboxylic acids is 3. The summed E-state index contributed by atoms with van der Waals surface area (Å²) in [5.74, 6) is 4.41. The summed E-state index contributed by atoms with van der Waals surface area (Å²) in [5, 5.41) is 10.6. The molecule has 2 rings (SSSR count). The first kappa shape index (κ1) is 25.7. The Bertz CT molecular complexity index is 1060. The fourth-order valence-corrected chi connectivity index (χ4v) is 3.44. The summed E-state index contributed by atoms with van der Waals surface area (Å²) < 4.78 is 5.35. The van der Waals surface area contributed by atoms with Gasteiger partial charge in [-0.3, -0.25) is 9.59 Å². The Morgan fingerprint density at radius 1 is 1.24 bits per heavy atom. The highest BCUT2D eigenvalue weighted by Gasteiger charge is 2.23. The van der Waals surface area contributed by atoms with Crippen molar-refractivity contribution in [3.05, 3.63) is 46.0 Å². The van der Waals surface area contributed by atoms with Crippen LogP contribution in [0.1, 0.15) is 58.5 Å². The second-order valence-electron chi connectivity index (χ2n) is 8.13. The summed E-state index contributed by atoms with van der Waals surface area (Å²) in [6.07, 6.45) is 0.0212. The third kappa shape index (κ3) is 8.16. The number of esters is 1. The second kappa shape index (κ2) is 10.9. The van der Waals surface area contributed by atoms with E-state index in [1.54, 1.807) is 52.0 Å². The number of anilines is 1. The van der Waals surface area contributed by atoms with Crippen LogP contribution in [-0.2, 0) is 9.53 Å². The summed E-state index contributed by atoms with van der Waals surface area (Å²) in [7, 11) is 1.53. The van der Waals surface area contributed by atoms with Gasteiger partial charge in [0.1, 0.15) is 10.5 Å². The van der Waals surface area contributed by atoms with E-state index in [-0.39, 0.29) is 35.7 Å². The van der Waals surface area contributed by atoms with Crippen molar-refractivity contribution in [3.63, 3.8) is 0 Å². The van der Waals surface area contributed by atoms with E-state index in [9.17, 15) is 14.4 Å². The monoisotopic (exact) mass is 475 g/mol. The fraction of sp³-hybridized carbons (Fsp3) is 0.381. The van der Waals surface area contributed by atoms with Crippen molar-refractivity contribution in [2.75, 3.05) is 18.9 Å². The third-order valence-electron chi connectivity index (χ3n) is 3.95. The molecule has 11 nitrogen and oxygen atoms in total. The van der Waals surface area contributed by atoms with Crippen molar-refractivity contribution >= 4 is 40.1 Å². The van der Waals surface area contributed by atoms with E-state index in [0.29, 0.717) is 21.7 Å². The number of hydrogen-bond acceptors (Lipinski definition) is 9. The molecule has 33 heavy (non-hydrogen) atoms. The molecule has 1 aromatic heterocycles. The SMILES string of the molecule is Cc1nc(NC(=O)CCNC(=O)c2cccc(/C(N)=N/N(C)N)c2)sc1C(=O)OC(C)(C)C. The standard InChI is InChI=1S/C21H29N7O4S/c1-12-16(19(31)32-21(2,3)4)33-20(25-12)26-15(29)9-10-24-18(30)14-8-6-7-13(11-14)17(22)27-28(5)23/h6-8,11H,9-10,23H2,1-5H3,(H2,22,27)(H,24,30)(H,25,26,29). The molecule has 1 aromatic carbocycles. The van der Waals surface area contributed by atoms with Gasteiger partial charge >= 0.3 is 5.97 Å². The molecule has 0 spiro atoms.